The van der Waals surface area contributed by atoms with Gasteiger partial charge in [0.1, 0.15) is 0 Å². The van der Waals surface area contributed by atoms with Gasteiger partial charge in [-0.3, -0.25) is 15.0 Å². The molecule has 5 heteroatoms. The van der Waals surface area contributed by atoms with Gasteiger partial charge in [-0.1, -0.05) is 36.4 Å². The summed E-state index contributed by atoms with van der Waals surface area (Å²) in [5.74, 6) is -0.497. The number of fused-ring (bicyclic) bond motifs is 1. The molecule has 1 heterocycles. The van der Waals surface area contributed by atoms with Gasteiger partial charge >= 0.3 is 5.97 Å². The predicted octanol–water partition coefficient (Wildman–Crippen LogP) is 2.77. The molecule has 0 unspecified atom stereocenters. The number of hydrazine groups is 1. The first-order chi connectivity index (χ1) is 10.7. The first-order valence-electron chi connectivity index (χ1n) is 7.01. The molecule has 112 valence electrons. The number of nitrogens with zero attached hydrogens (tertiary/aromatic N) is 1. The molecule has 0 fully saturated rings. The van der Waals surface area contributed by atoms with Crippen LogP contribution in [0.5, 0.6) is 0 Å². The largest absolute Gasteiger partial charge is 0.469 e. The van der Waals surface area contributed by atoms with E-state index in [-0.39, 0.29) is 24.3 Å². The molecule has 2 aromatic carbocycles. The molecule has 3 rings (SSSR count). The van der Waals surface area contributed by atoms with Crippen molar-refractivity contribution >= 4 is 17.6 Å². The summed E-state index contributed by atoms with van der Waals surface area (Å²) in [7, 11) is 1.35. The summed E-state index contributed by atoms with van der Waals surface area (Å²) in [5.41, 5.74) is 5.33. The average Bonchev–Trinajstić information content (AvgIpc) is 2.82. The maximum atomic E-state index is 12.6. The molecule has 0 aromatic heterocycles. The van der Waals surface area contributed by atoms with E-state index in [0.717, 1.165) is 11.3 Å². The summed E-state index contributed by atoms with van der Waals surface area (Å²) >= 11 is 0. The van der Waals surface area contributed by atoms with Gasteiger partial charge in [0.2, 0.25) is 0 Å². The fourth-order valence-corrected chi connectivity index (χ4v) is 2.62. The maximum Gasteiger partial charge on any atom is 0.308 e. The van der Waals surface area contributed by atoms with Crippen LogP contribution in [0.1, 0.15) is 28.4 Å². The van der Waals surface area contributed by atoms with Crippen molar-refractivity contribution in [2.75, 3.05) is 12.5 Å². The van der Waals surface area contributed by atoms with Crippen molar-refractivity contribution < 1.29 is 14.3 Å². The number of anilines is 1. The Morgan fingerprint density at radius 3 is 2.55 bits per heavy atom. The highest BCUT2D eigenvalue weighted by molar-refractivity contribution is 6.00. The maximum absolute atomic E-state index is 12.6. The van der Waals surface area contributed by atoms with E-state index in [9.17, 15) is 9.59 Å². The van der Waals surface area contributed by atoms with E-state index in [4.69, 9.17) is 4.74 Å². The molecular weight excluding hydrogens is 280 g/mol. The summed E-state index contributed by atoms with van der Waals surface area (Å²) in [6.45, 7) is 0. The Balaban J connectivity index is 1.93. The lowest BCUT2D eigenvalue weighted by Gasteiger charge is -2.26. The van der Waals surface area contributed by atoms with Gasteiger partial charge in [-0.2, -0.15) is 0 Å². The van der Waals surface area contributed by atoms with E-state index < -0.39 is 0 Å². The minimum atomic E-state index is -0.378. The number of ether oxygens (including phenoxy) is 1. The summed E-state index contributed by atoms with van der Waals surface area (Å²) in [6.07, 6.45) is 0.110. The molecule has 0 aliphatic carbocycles. The van der Waals surface area contributed by atoms with Crippen molar-refractivity contribution in [1.29, 1.82) is 0 Å². The number of benzene rings is 2. The van der Waals surface area contributed by atoms with E-state index in [0.29, 0.717) is 5.56 Å². The van der Waals surface area contributed by atoms with Crippen LogP contribution in [0.2, 0.25) is 0 Å². The van der Waals surface area contributed by atoms with Crippen LogP contribution >= 0.6 is 0 Å². The third-order valence-electron chi connectivity index (χ3n) is 3.69. The number of hydrogen-bond acceptors (Lipinski definition) is 4. The van der Waals surface area contributed by atoms with Crippen molar-refractivity contribution in [3.8, 4) is 0 Å². The van der Waals surface area contributed by atoms with Crippen molar-refractivity contribution in [3.63, 3.8) is 0 Å². The normalized spacial score (nSPS) is 16.3. The lowest BCUT2D eigenvalue weighted by molar-refractivity contribution is -0.141. The molecule has 1 atom stereocenters. The van der Waals surface area contributed by atoms with E-state index in [2.05, 4.69) is 5.43 Å². The first kappa shape index (κ1) is 14.1. The van der Waals surface area contributed by atoms with Crippen LogP contribution in [0.15, 0.2) is 54.6 Å². The number of amides is 1. The Bertz CT molecular complexity index is 700. The fourth-order valence-electron chi connectivity index (χ4n) is 2.62. The SMILES string of the molecule is COC(=O)C[C@H]1c2ccccc2C(=O)N1Nc1ccccc1. The summed E-state index contributed by atoms with van der Waals surface area (Å²) in [4.78, 5) is 24.3. The minimum Gasteiger partial charge on any atom is -0.469 e. The van der Waals surface area contributed by atoms with Crippen molar-refractivity contribution in [3.05, 3.63) is 65.7 Å². The summed E-state index contributed by atoms with van der Waals surface area (Å²) < 4.78 is 4.76. The number of hydrogen-bond donors (Lipinski definition) is 1. The molecule has 1 aliphatic heterocycles. The fraction of sp³-hybridized carbons (Fsp3) is 0.176. The lowest BCUT2D eigenvalue weighted by Crippen LogP contribution is -2.34. The first-order valence-corrected chi connectivity index (χ1v) is 7.01. The van der Waals surface area contributed by atoms with Gasteiger partial charge in [0, 0.05) is 5.56 Å². The quantitative estimate of drug-likeness (QED) is 0.881. The van der Waals surface area contributed by atoms with Crippen LogP contribution in [0.4, 0.5) is 5.69 Å². The minimum absolute atomic E-state index is 0.110. The molecule has 1 aliphatic rings. The molecule has 0 radical (unpaired) electrons. The van der Waals surface area contributed by atoms with E-state index in [1.807, 2.05) is 48.5 Å². The summed E-state index contributed by atoms with van der Waals surface area (Å²) in [6, 6.07) is 16.3. The van der Waals surface area contributed by atoms with Crippen LogP contribution in [-0.2, 0) is 9.53 Å². The number of rotatable bonds is 4. The highest BCUT2D eigenvalue weighted by Crippen LogP contribution is 2.36. The van der Waals surface area contributed by atoms with E-state index >= 15 is 0 Å². The molecule has 1 N–H and O–H groups in total. The Morgan fingerprint density at radius 1 is 1.14 bits per heavy atom. The molecular formula is C17H16N2O3. The second-order valence-corrected chi connectivity index (χ2v) is 5.04. The molecule has 1 amide bonds. The van der Waals surface area contributed by atoms with E-state index in [1.54, 1.807) is 6.07 Å². The molecule has 2 aromatic rings. The second kappa shape index (κ2) is 5.89. The Kier molecular flexibility index (Phi) is 3.78. The number of methoxy groups -OCH3 is 1. The van der Waals surface area contributed by atoms with Crippen molar-refractivity contribution in [2.45, 2.75) is 12.5 Å². The zero-order valence-electron chi connectivity index (χ0n) is 12.2. The zero-order chi connectivity index (χ0) is 15.5. The lowest BCUT2D eigenvalue weighted by atomic mass is 10.0. The molecule has 0 spiro atoms. The second-order valence-electron chi connectivity index (χ2n) is 5.04. The van der Waals surface area contributed by atoms with Crippen molar-refractivity contribution in [1.82, 2.24) is 5.01 Å². The van der Waals surface area contributed by atoms with Crippen molar-refractivity contribution in [2.24, 2.45) is 0 Å². The molecule has 0 saturated carbocycles. The number of para-hydroxylation sites is 1. The predicted molar refractivity (Wildman–Crippen MR) is 82.1 cm³/mol. The standard InChI is InChI=1S/C17H16N2O3/c1-22-16(20)11-15-13-9-5-6-10-14(13)17(21)19(15)18-12-7-3-2-4-8-12/h2-10,15,18H,11H2,1H3/t15-/m0/s1. The van der Waals surface area contributed by atoms with E-state index in [1.165, 1.54) is 12.1 Å². The Labute approximate surface area is 128 Å². The van der Waals surface area contributed by atoms with Gasteiger partial charge in [0.15, 0.2) is 0 Å². The number of nitrogens with one attached hydrogen (secondary N) is 1. The summed E-state index contributed by atoms with van der Waals surface area (Å²) in [5, 5.41) is 1.50. The number of carbonyl (C=O) groups excluding carboxylic acids is 2. The third-order valence-corrected chi connectivity index (χ3v) is 3.69. The molecule has 22 heavy (non-hydrogen) atoms. The molecule has 5 nitrogen and oxygen atoms in total. The monoisotopic (exact) mass is 296 g/mol. The van der Waals surface area contributed by atoms with Crippen LogP contribution in [0.3, 0.4) is 0 Å². The van der Waals surface area contributed by atoms with Gasteiger partial charge < -0.3 is 4.74 Å². The van der Waals surface area contributed by atoms with Crippen LogP contribution in [0.25, 0.3) is 0 Å². The number of esters is 1. The van der Waals surface area contributed by atoms with Gasteiger partial charge in [-0.15, -0.1) is 0 Å². The average molecular weight is 296 g/mol. The number of carbonyl (C=O) groups is 2. The smallest absolute Gasteiger partial charge is 0.308 e. The third kappa shape index (κ3) is 2.53. The highest BCUT2D eigenvalue weighted by atomic mass is 16.5. The van der Waals surface area contributed by atoms with Gasteiger partial charge in [0.05, 0.1) is 25.3 Å². The van der Waals surface area contributed by atoms with Crippen LogP contribution < -0.4 is 5.43 Å². The van der Waals surface area contributed by atoms with Gasteiger partial charge in [0.25, 0.3) is 5.91 Å². The Hall–Kier alpha value is -2.82. The molecule has 0 saturated heterocycles. The van der Waals surface area contributed by atoms with Gasteiger partial charge in [-0.25, -0.2) is 5.01 Å². The molecule has 0 bridgehead atoms. The topological polar surface area (TPSA) is 58.6 Å². The van der Waals surface area contributed by atoms with Crippen LogP contribution in [-0.4, -0.2) is 24.0 Å². The van der Waals surface area contributed by atoms with Gasteiger partial charge in [-0.05, 0) is 23.8 Å². The Morgan fingerprint density at radius 2 is 1.82 bits per heavy atom. The highest BCUT2D eigenvalue weighted by Gasteiger charge is 2.38. The van der Waals surface area contributed by atoms with Crippen LogP contribution in [0, 0.1) is 0 Å². The zero-order valence-corrected chi connectivity index (χ0v) is 12.2.